The van der Waals surface area contributed by atoms with E-state index >= 15 is 0 Å². The van der Waals surface area contributed by atoms with E-state index in [2.05, 4.69) is 4.98 Å². The van der Waals surface area contributed by atoms with E-state index in [1.54, 1.807) is 0 Å². The molecule has 2 rings (SSSR count). The molecule has 0 aliphatic heterocycles. The maximum atomic E-state index is 13.8. The van der Waals surface area contributed by atoms with Gasteiger partial charge in [-0.3, -0.25) is 4.79 Å². The standard InChI is InChI=1S/C20H23ClF3N3O3S/c1-3-4-5-9-14-26(2)18-17(16(21)12-13-25-18)31(29,30)27(20(22,23)24)19(28)15-10-7-6-8-11-15/h6-8,10-13H,3-5,9,14H2,1-2H3. The first-order valence-electron chi connectivity index (χ1n) is 9.59. The van der Waals surface area contributed by atoms with Crippen molar-refractivity contribution in [2.45, 2.75) is 43.8 Å². The number of nitrogens with zero attached hydrogens (tertiary/aromatic N) is 3. The summed E-state index contributed by atoms with van der Waals surface area (Å²) in [5.41, 5.74) is -0.433. The molecular weight excluding hydrogens is 455 g/mol. The second kappa shape index (κ2) is 10.3. The number of aromatic nitrogens is 1. The lowest BCUT2D eigenvalue weighted by atomic mass is 10.2. The minimum Gasteiger partial charge on any atom is -0.358 e. The molecule has 31 heavy (non-hydrogen) atoms. The molecule has 1 heterocycles. The molecule has 1 amide bonds. The summed E-state index contributed by atoms with van der Waals surface area (Å²) in [6.07, 6.45) is -0.803. The highest BCUT2D eigenvalue weighted by atomic mass is 35.5. The molecule has 6 nitrogen and oxygen atoms in total. The Morgan fingerprint density at radius 2 is 1.74 bits per heavy atom. The topological polar surface area (TPSA) is 70.6 Å². The summed E-state index contributed by atoms with van der Waals surface area (Å²) in [7, 11) is -3.91. The van der Waals surface area contributed by atoms with Crippen molar-refractivity contribution in [3.05, 3.63) is 53.2 Å². The molecule has 1 aromatic heterocycles. The van der Waals surface area contributed by atoms with Gasteiger partial charge in [-0.2, -0.15) is 0 Å². The highest BCUT2D eigenvalue weighted by molar-refractivity contribution is 7.90. The van der Waals surface area contributed by atoms with Gasteiger partial charge < -0.3 is 4.90 Å². The van der Waals surface area contributed by atoms with Crippen LogP contribution in [0.3, 0.4) is 0 Å². The molecule has 0 N–H and O–H groups in total. The highest BCUT2D eigenvalue weighted by Gasteiger charge is 2.51. The Kier molecular flexibility index (Phi) is 8.30. The Labute approximate surface area is 184 Å². The minimum absolute atomic E-state index is 0.251. The van der Waals surface area contributed by atoms with Crippen LogP contribution < -0.4 is 4.90 Å². The van der Waals surface area contributed by atoms with Crippen molar-refractivity contribution in [1.82, 2.24) is 9.29 Å². The maximum Gasteiger partial charge on any atom is 0.501 e. The number of rotatable bonds is 9. The van der Waals surface area contributed by atoms with Crippen LogP contribution in [0.5, 0.6) is 0 Å². The van der Waals surface area contributed by atoms with Gasteiger partial charge in [-0.15, -0.1) is 17.5 Å². The van der Waals surface area contributed by atoms with Crippen LogP contribution in [0.2, 0.25) is 5.02 Å². The molecule has 0 fully saturated rings. The number of benzene rings is 1. The van der Waals surface area contributed by atoms with Crippen molar-refractivity contribution in [2.75, 3.05) is 18.5 Å². The van der Waals surface area contributed by atoms with Gasteiger partial charge in [0.05, 0.1) is 5.02 Å². The average Bonchev–Trinajstić information content (AvgIpc) is 2.70. The van der Waals surface area contributed by atoms with Gasteiger partial charge in [0, 0.05) is 25.4 Å². The summed E-state index contributed by atoms with van der Waals surface area (Å²) in [5.74, 6) is -1.98. The molecule has 0 spiro atoms. The van der Waals surface area contributed by atoms with Crippen molar-refractivity contribution in [1.29, 1.82) is 0 Å². The monoisotopic (exact) mass is 477 g/mol. The third-order valence-electron chi connectivity index (χ3n) is 4.48. The van der Waals surface area contributed by atoms with Crippen molar-refractivity contribution < 1.29 is 26.4 Å². The Bertz CT molecular complexity index is 1000. The first-order valence-corrected chi connectivity index (χ1v) is 11.4. The molecule has 0 aliphatic rings. The lowest BCUT2D eigenvalue weighted by molar-refractivity contribution is -0.193. The normalized spacial score (nSPS) is 11.9. The predicted molar refractivity (Wildman–Crippen MR) is 113 cm³/mol. The quantitative estimate of drug-likeness (QED) is 0.371. The van der Waals surface area contributed by atoms with E-state index in [1.807, 2.05) is 6.92 Å². The number of hydrogen-bond acceptors (Lipinski definition) is 5. The van der Waals surface area contributed by atoms with E-state index in [0.29, 0.717) is 13.0 Å². The predicted octanol–water partition coefficient (Wildman–Crippen LogP) is 5.10. The number of hydrogen-bond donors (Lipinski definition) is 0. The molecule has 0 atom stereocenters. The summed E-state index contributed by atoms with van der Waals surface area (Å²) in [6.45, 7) is 2.39. The second-order valence-corrected chi connectivity index (χ2v) is 8.97. The Hall–Kier alpha value is -2.33. The van der Waals surface area contributed by atoms with Crippen LogP contribution >= 0.6 is 11.6 Å². The molecule has 0 saturated heterocycles. The molecule has 0 unspecified atom stereocenters. The van der Waals surface area contributed by atoms with Gasteiger partial charge in [-0.1, -0.05) is 56.0 Å². The molecule has 11 heteroatoms. The summed E-state index contributed by atoms with van der Waals surface area (Å²) in [6, 6.07) is 7.43. The Balaban J connectivity index is 2.54. The second-order valence-electron chi connectivity index (χ2n) is 6.84. The number of pyridine rings is 1. The van der Waals surface area contributed by atoms with Crippen LogP contribution in [0, 0.1) is 0 Å². The smallest absolute Gasteiger partial charge is 0.358 e. The zero-order chi connectivity index (χ0) is 23.2. The number of amides is 1. The fourth-order valence-corrected chi connectivity index (χ4v) is 4.92. The van der Waals surface area contributed by atoms with Gasteiger partial charge in [0.15, 0.2) is 5.82 Å². The van der Waals surface area contributed by atoms with Gasteiger partial charge in [0.25, 0.3) is 15.9 Å². The van der Waals surface area contributed by atoms with Crippen molar-refractivity contribution in [3.63, 3.8) is 0 Å². The Morgan fingerprint density at radius 3 is 2.32 bits per heavy atom. The zero-order valence-corrected chi connectivity index (χ0v) is 18.6. The number of carbonyl (C=O) groups is 1. The number of carbonyl (C=O) groups excluding carboxylic acids is 1. The number of unbranched alkanes of at least 4 members (excludes halogenated alkanes) is 3. The first kappa shape index (κ1) is 24.9. The summed E-state index contributed by atoms with van der Waals surface area (Å²) < 4.78 is 66.7. The van der Waals surface area contributed by atoms with Crippen LogP contribution in [-0.4, -0.2) is 43.5 Å². The van der Waals surface area contributed by atoms with Crippen molar-refractivity contribution in [2.24, 2.45) is 0 Å². The van der Waals surface area contributed by atoms with Gasteiger partial charge in [0.2, 0.25) is 0 Å². The summed E-state index contributed by atoms with van der Waals surface area (Å²) >= 11 is 6.04. The SMILES string of the molecule is CCCCCCN(C)c1nccc(Cl)c1S(=O)(=O)N(C(=O)c1ccccc1)C(F)(F)F. The van der Waals surface area contributed by atoms with Crippen LogP contribution in [0.25, 0.3) is 0 Å². The van der Waals surface area contributed by atoms with Gasteiger partial charge in [-0.05, 0) is 24.6 Å². The summed E-state index contributed by atoms with van der Waals surface area (Å²) in [5, 5.41) is -0.458. The minimum atomic E-state index is -5.51. The average molecular weight is 478 g/mol. The number of sulfonamides is 1. The summed E-state index contributed by atoms with van der Waals surface area (Å²) in [4.78, 5) is 17.1. The van der Waals surface area contributed by atoms with Crippen molar-refractivity contribution >= 4 is 33.3 Å². The molecule has 1 aromatic carbocycles. The highest BCUT2D eigenvalue weighted by Crippen LogP contribution is 2.37. The fraction of sp³-hybridized carbons (Fsp3) is 0.400. The van der Waals surface area contributed by atoms with E-state index in [-0.39, 0.29) is 5.82 Å². The Morgan fingerprint density at radius 1 is 1.10 bits per heavy atom. The number of halogens is 4. The fourth-order valence-electron chi connectivity index (χ4n) is 2.96. The molecular formula is C20H23ClF3N3O3S. The molecule has 0 radical (unpaired) electrons. The maximum absolute atomic E-state index is 13.8. The van der Waals surface area contributed by atoms with Crippen LogP contribution in [-0.2, 0) is 10.0 Å². The first-order chi connectivity index (χ1) is 14.5. The largest absolute Gasteiger partial charge is 0.501 e. The van der Waals surface area contributed by atoms with Gasteiger partial charge in [0.1, 0.15) is 4.90 Å². The number of anilines is 1. The van der Waals surface area contributed by atoms with Crippen LogP contribution in [0.1, 0.15) is 43.0 Å². The van der Waals surface area contributed by atoms with E-state index < -0.39 is 42.0 Å². The van der Waals surface area contributed by atoms with E-state index in [0.717, 1.165) is 37.5 Å². The van der Waals surface area contributed by atoms with Gasteiger partial charge >= 0.3 is 6.30 Å². The third-order valence-corrected chi connectivity index (χ3v) is 6.68. The van der Waals surface area contributed by atoms with E-state index in [9.17, 15) is 26.4 Å². The molecule has 2 aromatic rings. The lowest BCUT2D eigenvalue weighted by Crippen LogP contribution is -2.47. The molecule has 0 saturated carbocycles. The van der Waals surface area contributed by atoms with Crippen molar-refractivity contribution in [3.8, 4) is 0 Å². The van der Waals surface area contributed by atoms with Crippen LogP contribution in [0.4, 0.5) is 19.0 Å². The molecule has 0 aliphatic carbocycles. The lowest BCUT2D eigenvalue weighted by Gasteiger charge is -2.27. The third kappa shape index (κ3) is 5.88. The molecule has 170 valence electrons. The number of alkyl halides is 3. The van der Waals surface area contributed by atoms with E-state index in [1.165, 1.54) is 36.3 Å². The van der Waals surface area contributed by atoms with E-state index in [4.69, 9.17) is 11.6 Å². The zero-order valence-electron chi connectivity index (χ0n) is 17.1. The van der Waals surface area contributed by atoms with Crippen LogP contribution in [0.15, 0.2) is 47.5 Å². The van der Waals surface area contributed by atoms with Gasteiger partial charge in [-0.25, -0.2) is 13.4 Å². The molecule has 0 bridgehead atoms.